The van der Waals surface area contributed by atoms with Crippen molar-refractivity contribution < 1.29 is 23.8 Å². The van der Waals surface area contributed by atoms with Crippen LogP contribution in [-0.2, 0) is 14.3 Å². The molecule has 0 aromatic heterocycles. The minimum atomic E-state index is -1.16. The summed E-state index contributed by atoms with van der Waals surface area (Å²) in [6.07, 6.45) is 3.00. The predicted molar refractivity (Wildman–Crippen MR) is 47.6 cm³/mol. The Balaban J connectivity index is 1.99. The molecule has 0 radical (unpaired) electrons. The van der Waals surface area contributed by atoms with Gasteiger partial charge in [-0.15, -0.1) is 0 Å². The Kier molecular flexibility index (Phi) is 2.25. The number of ether oxygens (including phenoxy) is 1. The molecule has 0 aliphatic heterocycles. The molecular weight excluding hydrogens is 203 g/mol. The zero-order chi connectivity index (χ0) is 11.1. The van der Waals surface area contributed by atoms with Gasteiger partial charge in [-0.3, -0.25) is 4.79 Å². The summed E-state index contributed by atoms with van der Waals surface area (Å²) in [7, 11) is 0. The average molecular weight is 214 g/mol. The molecule has 2 fully saturated rings. The molecule has 0 unspecified atom stereocenters. The fourth-order valence-corrected chi connectivity index (χ4v) is 1.25. The lowest BCUT2D eigenvalue weighted by Gasteiger charge is -2.04. The summed E-state index contributed by atoms with van der Waals surface area (Å²) in [6, 6.07) is 0. The smallest absolute Gasteiger partial charge is 0.367 e. The van der Waals surface area contributed by atoms with Crippen molar-refractivity contribution in [1.29, 1.82) is 0 Å². The van der Waals surface area contributed by atoms with E-state index in [0.717, 1.165) is 18.9 Å². The molecule has 2 aliphatic rings. The van der Waals surface area contributed by atoms with Crippen molar-refractivity contribution in [2.24, 2.45) is 5.41 Å². The molecule has 0 atom stereocenters. The third-order valence-electron chi connectivity index (χ3n) is 2.61. The second kappa shape index (κ2) is 3.32. The number of hydrogen-bond acceptors (Lipinski definition) is 3. The van der Waals surface area contributed by atoms with Crippen LogP contribution in [-0.4, -0.2) is 23.1 Å². The van der Waals surface area contributed by atoms with Crippen LogP contribution in [0.5, 0.6) is 0 Å². The van der Waals surface area contributed by atoms with Crippen LogP contribution in [0.25, 0.3) is 0 Å². The third-order valence-corrected chi connectivity index (χ3v) is 2.61. The van der Waals surface area contributed by atoms with E-state index < -0.39 is 23.2 Å². The highest BCUT2D eigenvalue weighted by atomic mass is 19.1. The summed E-state index contributed by atoms with van der Waals surface area (Å²) in [5.41, 5.74) is -1.16. The first-order chi connectivity index (χ1) is 7.03. The fraction of sp³-hybridized carbons (Fsp3) is 0.600. The third kappa shape index (κ3) is 2.16. The van der Waals surface area contributed by atoms with Crippen molar-refractivity contribution in [3.05, 3.63) is 11.9 Å². The van der Waals surface area contributed by atoms with Gasteiger partial charge in [-0.25, -0.2) is 4.79 Å². The first-order valence-electron chi connectivity index (χ1n) is 4.86. The minimum absolute atomic E-state index is 0.170. The van der Waals surface area contributed by atoms with E-state index in [1.54, 1.807) is 0 Å². The normalized spacial score (nSPS) is 23.4. The van der Waals surface area contributed by atoms with Gasteiger partial charge in [0.15, 0.2) is 0 Å². The standard InChI is InChI=1S/C10H11FO4/c11-7(8(12)15-6-1-2-6)5-10(3-4-10)9(13)14/h5-6H,1-4H2,(H,13,14). The van der Waals surface area contributed by atoms with Gasteiger partial charge in [-0.1, -0.05) is 0 Å². The second-order valence-corrected chi connectivity index (χ2v) is 4.06. The van der Waals surface area contributed by atoms with Gasteiger partial charge < -0.3 is 9.84 Å². The van der Waals surface area contributed by atoms with E-state index in [1.807, 2.05) is 0 Å². The summed E-state index contributed by atoms with van der Waals surface area (Å²) in [5, 5.41) is 8.77. The highest BCUT2D eigenvalue weighted by molar-refractivity contribution is 5.89. The summed E-state index contributed by atoms with van der Waals surface area (Å²) in [4.78, 5) is 21.8. The Bertz CT molecular complexity index is 339. The number of carboxylic acids is 1. The highest BCUT2D eigenvalue weighted by Gasteiger charge is 2.49. The van der Waals surface area contributed by atoms with Gasteiger partial charge in [0.2, 0.25) is 5.83 Å². The van der Waals surface area contributed by atoms with Crippen molar-refractivity contribution in [1.82, 2.24) is 0 Å². The Hall–Kier alpha value is -1.39. The lowest BCUT2D eigenvalue weighted by atomic mass is 10.1. The van der Waals surface area contributed by atoms with Crippen LogP contribution in [0.4, 0.5) is 4.39 Å². The van der Waals surface area contributed by atoms with Crippen LogP contribution in [0.15, 0.2) is 11.9 Å². The van der Waals surface area contributed by atoms with E-state index in [2.05, 4.69) is 0 Å². The number of esters is 1. The lowest BCUT2D eigenvalue weighted by molar-refractivity contribution is -0.142. The Morgan fingerprint density at radius 2 is 2.00 bits per heavy atom. The van der Waals surface area contributed by atoms with Crippen molar-refractivity contribution in [3.8, 4) is 0 Å². The van der Waals surface area contributed by atoms with E-state index >= 15 is 0 Å². The van der Waals surface area contributed by atoms with Crippen molar-refractivity contribution in [2.75, 3.05) is 0 Å². The second-order valence-electron chi connectivity index (χ2n) is 4.06. The Morgan fingerprint density at radius 1 is 1.40 bits per heavy atom. The average Bonchev–Trinajstić information content (AvgIpc) is 2.98. The van der Waals surface area contributed by atoms with Gasteiger partial charge in [-0.2, -0.15) is 4.39 Å². The van der Waals surface area contributed by atoms with Crippen LogP contribution >= 0.6 is 0 Å². The first kappa shape index (κ1) is 10.1. The Morgan fingerprint density at radius 3 is 2.40 bits per heavy atom. The fourth-order valence-electron chi connectivity index (χ4n) is 1.25. The molecule has 0 aromatic carbocycles. The van der Waals surface area contributed by atoms with Crippen molar-refractivity contribution in [2.45, 2.75) is 31.8 Å². The predicted octanol–water partition coefficient (Wildman–Crippen LogP) is 1.41. The SMILES string of the molecule is O=C(OC1CC1)C(F)=CC1(C(=O)O)CC1. The van der Waals surface area contributed by atoms with Gasteiger partial charge in [0.1, 0.15) is 6.10 Å². The maximum atomic E-state index is 13.2. The summed E-state index contributed by atoms with van der Waals surface area (Å²) < 4.78 is 17.9. The summed E-state index contributed by atoms with van der Waals surface area (Å²) >= 11 is 0. The van der Waals surface area contributed by atoms with Crippen molar-refractivity contribution in [3.63, 3.8) is 0 Å². The maximum Gasteiger partial charge on any atom is 0.367 e. The summed E-state index contributed by atoms with van der Waals surface area (Å²) in [5.74, 6) is -3.20. The molecule has 0 spiro atoms. The van der Waals surface area contributed by atoms with E-state index in [9.17, 15) is 14.0 Å². The van der Waals surface area contributed by atoms with E-state index in [0.29, 0.717) is 12.8 Å². The van der Waals surface area contributed by atoms with E-state index in [1.165, 1.54) is 0 Å². The number of carboxylic acid groups (broad SMARTS) is 1. The van der Waals surface area contributed by atoms with Crippen LogP contribution in [0, 0.1) is 5.41 Å². The van der Waals surface area contributed by atoms with Gasteiger partial charge in [0.05, 0.1) is 5.41 Å². The molecule has 0 bridgehead atoms. The topological polar surface area (TPSA) is 63.6 Å². The molecule has 15 heavy (non-hydrogen) atoms. The Labute approximate surface area is 85.7 Å². The molecule has 0 aromatic rings. The molecule has 82 valence electrons. The van der Waals surface area contributed by atoms with Gasteiger partial charge in [-0.05, 0) is 31.8 Å². The molecule has 0 heterocycles. The number of carbonyl (C=O) groups excluding carboxylic acids is 1. The number of aliphatic carboxylic acids is 1. The molecule has 2 aliphatic carbocycles. The van der Waals surface area contributed by atoms with E-state index in [4.69, 9.17) is 9.84 Å². The quantitative estimate of drug-likeness (QED) is 0.567. The van der Waals surface area contributed by atoms with Crippen LogP contribution < -0.4 is 0 Å². The molecular formula is C10H11FO4. The molecule has 4 nitrogen and oxygen atoms in total. The first-order valence-corrected chi connectivity index (χ1v) is 4.86. The molecule has 1 N–H and O–H groups in total. The van der Waals surface area contributed by atoms with Gasteiger partial charge >= 0.3 is 11.9 Å². The molecule has 5 heteroatoms. The lowest BCUT2D eigenvalue weighted by Crippen LogP contribution is -2.14. The molecule has 0 amide bonds. The monoisotopic (exact) mass is 214 g/mol. The van der Waals surface area contributed by atoms with Gasteiger partial charge in [0, 0.05) is 0 Å². The number of carbonyl (C=O) groups is 2. The molecule has 0 saturated heterocycles. The zero-order valence-corrected chi connectivity index (χ0v) is 8.03. The highest BCUT2D eigenvalue weighted by Crippen LogP contribution is 2.48. The maximum absolute atomic E-state index is 13.2. The molecule has 2 saturated carbocycles. The minimum Gasteiger partial charge on any atom is -0.481 e. The number of halogens is 1. The van der Waals surface area contributed by atoms with Crippen LogP contribution in [0.1, 0.15) is 25.7 Å². The largest absolute Gasteiger partial charge is 0.481 e. The van der Waals surface area contributed by atoms with Gasteiger partial charge in [0.25, 0.3) is 0 Å². The van der Waals surface area contributed by atoms with E-state index in [-0.39, 0.29) is 6.10 Å². The van der Waals surface area contributed by atoms with Crippen molar-refractivity contribution >= 4 is 11.9 Å². The zero-order valence-electron chi connectivity index (χ0n) is 8.03. The van der Waals surface area contributed by atoms with Crippen LogP contribution in [0.2, 0.25) is 0 Å². The molecule has 2 rings (SSSR count). The number of rotatable bonds is 4. The van der Waals surface area contributed by atoms with Crippen LogP contribution in [0.3, 0.4) is 0 Å². The summed E-state index contributed by atoms with van der Waals surface area (Å²) in [6.45, 7) is 0. The number of hydrogen-bond donors (Lipinski definition) is 1.